The van der Waals surface area contributed by atoms with Crippen LogP contribution >= 0.6 is 0 Å². The number of rotatable bonds is 0. The molecule has 0 spiro atoms. The molecule has 0 aliphatic heterocycles. The van der Waals surface area contributed by atoms with Crippen LogP contribution in [0.5, 0.6) is 0 Å². The molecule has 1 heterocycles. The number of aryl methyl sites for hydroxylation is 2. The monoisotopic (exact) mass is 176 g/mol. The van der Waals surface area contributed by atoms with Gasteiger partial charge in [0.15, 0.2) is 0 Å². The molecule has 1 aromatic rings. The molecule has 1 aliphatic carbocycles. The Morgan fingerprint density at radius 3 is 2.77 bits per heavy atom. The van der Waals surface area contributed by atoms with Crippen LogP contribution in [0.2, 0.25) is 0 Å². The molecule has 68 valence electrons. The fraction of sp³-hybridized carbons (Fsp3) is 0.500. The summed E-state index contributed by atoms with van der Waals surface area (Å²) in [5.74, 6) is 5.81. The summed E-state index contributed by atoms with van der Waals surface area (Å²) in [5.41, 5.74) is 1.13. The average Bonchev–Trinajstić information content (AvgIpc) is 2.69. The Hall–Kier alpha value is -1.27. The van der Waals surface area contributed by atoms with Crippen LogP contribution < -0.4 is 0 Å². The molecule has 0 radical (unpaired) electrons. The van der Waals surface area contributed by atoms with Gasteiger partial charge in [0.05, 0.1) is 11.3 Å². The quantitative estimate of drug-likeness (QED) is 0.588. The Labute approximate surface area is 77.4 Å². The number of aliphatic hydroxyl groups is 1. The van der Waals surface area contributed by atoms with E-state index in [9.17, 15) is 5.11 Å². The molecular weight excluding hydrogens is 164 g/mol. The summed E-state index contributed by atoms with van der Waals surface area (Å²) in [6.45, 7) is 1.92. The van der Waals surface area contributed by atoms with Crippen LogP contribution in [0, 0.1) is 18.8 Å². The van der Waals surface area contributed by atoms with Crippen LogP contribution in [-0.4, -0.2) is 20.5 Å². The first-order valence-corrected chi connectivity index (χ1v) is 4.35. The zero-order valence-electron chi connectivity index (χ0n) is 7.83. The molecule has 0 aromatic carbocycles. The SMILES string of the molecule is Cc1nn(C)cc1C#CC1(O)CC1. The van der Waals surface area contributed by atoms with Gasteiger partial charge >= 0.3 is 0 Å². The molecule has 0 unspecified atom stereocenters. The molecule has 3 nitrogen and oxygen atoms in total. The third kappa shape index (κ3) is 1.73. The summed E-state index contributed by atoms with van der Waals surface area (Å²) >= 11 is 0. The van der Waals surface area contributed by atoms with Gasteiger partial charge in [0.25, 0.3) is 0 Å². The van der Waals surface area contributed by atoms with E-state index in [-0.39, 0.29) is 0 Å². The summed E-state index contributed by atoms with van der Waals surface area (Å²) in [4.78, 5) is 0. The first-order chi connectivity index (χ1) is 6.09. The van der Waals surface area contributed by atoms with Gasteiger partial charge in [-0.15, -0.1) is 0 Å². The van der Waals surface area contributed by atoms with Crippen molar-refractivity contribution in [3.05, 3.63) is 17.5 Å². The van der Waals surface area contributed by atoms with E-state index in [4.69, 9.17) is 0 Å². The van der Waals surface area contributed by atoms with Gasteiger partial charge in [-0.05, 0) is 19.8 Å². The van der Waals surface area contributed by atoms with Gasteiger partial charge < -0.3 is 5.11 Å². The maximum absolute atomic E-state index is 9.49. The van der Waals surface area contributed by atoms with Crippen molar-refractivity contribution in [2.75, 3.05) is 0 Å². The third-order valence-electron chi connectivity index (χ3n) is 2.17. The van der Waals surface area contributed by atoms with E-state index in [0.717, 1.165) is 24.1 Å². The Balaban J connectivity index is 2.24. The van der Waals surface area contributed by atoms with Crippen LogP contribution in [0.1, 0.15) is 24.1 Å². The molecule has 0 saturated heterocycles. The predicted molar refractivity (Wildman–Crippen MR) is 49.0 cm³/mol. The standard InChI is InChI=1S/C10H12N2O/c1-8-9(7-12(2)11-8)3-4-10(13)5-6-10/h7,13H,5-6H2,1-2H3. The Kier molecular flexibility index (Phi) is 1.67. The van der Waals surface area contributed by atoms with E-state index >= 15 is 0 Å². The zero-order chi connectivity index (χ0) is 9.47. The fourth-order valence-electron chi connectivity index (χ4n) is 1.15. The average molecular weight is 176 g/mol. The van der Waals surface area contributed by atoms with Gasteiger partial charge in [-0.2, -0.15) is 5.10 Å². The molecule has 0 atom stereocenters. The second-order valence-electron chi connectivity index (χ2n) is 3.58. The zero-order valence-corrected chi connectivity index (χ0v) is 7.83. The second-order valence-corrected chi connectivity index (χ2v) is 3.58. The molecule has 1 saturated carbocycles. The minimum absolute atomic E-state index is 0.692. The number of aromatic nitrogens is 2. The molecule has 1 aromatic heterocycles. The van der Waals surface area contributed by atoms with Crippen LogP contribution in [0.15, 0.2) is 6.20 Å². The molecule has 3 heteroatoms. The molecule has 2 rings (SSSR count). The molecule has 0 bridgehead atoms. The smallest absolute Gasteiger partial charge is 0.126 e. The molecule has 13 heavy (non-hydrogen) atoms. The number of hydrogen-bond donors (Lipinski definition) is 1. The van der Waals surface area contributed by atoms with Crippen molar-refractivity contribution in [1.82, 2.24) is 9.78 Å². The van der Waals surface area contributed by atoms with Gasteiger partial charge in [0.2, 0.25) is 0 Å². The van der Waals surface area contributed by atoms with Crippen LogP contribution in [-0.2, 0) is 7.05 Å². The highest BCUT2D eigenvalue weighted by molar-refractivity contribution is 5.39. The summed E-state index contributed by atoms with van der Waals surface area (Å²) in [5, 5.41) is 13.7. The lowest BCUT2D eigenvalue weighted by molar-refractivity contribution is 0.212. The minimum Gasteiger partial charge on any atom is -0.378 e. The van der Waals surface area contributed by atoms with E-state index in [1.165, 1.54) is 0 Å². The lowest BCUT2D eigenvalue weighted by Crippen LogP contribution is -2.00. The third-order valence-corrected chi connectivity index (χ3v) is 2.17. The van der Waals surface area contributed by atoms with Crippen molar-refractivity contribution in [3.63, 3.8) is 0 Å². The highest BCUT2D eigenvalue weighted by Crippen LogP contribution is 2.33. The Bertz CT molecular complexity index is 391. The second kappa shape index (κ2) is 2.61. The molecule has 0 amide bonds. The van der Waals surface area contributed by atoms with Crippen molar-refractivity contribution in [2.45, 2.75) is 25.4 Å². The minimum atomic E-state index is -0.692. The Morgan fingerprint density at radius 2 is 2.31 bits per heavy atom. The normalized spacial score (nSPS) is 17.8. The van der Waals surface area contributed by atoms with E-state index in [0.29, 0.717) is 0 Å². The summed E-state index contributed by atoms with van der Waals surface area (Å²) in [7, 11) is 1.87. The van der Waals surface area contributed by atoms with E-state index < -0.39 is 5.60 Å². The Morgan fingerprint density at radius 1 is 1.62 bits per heavy atom. The molecule has 1 aliphatic rings. The van der Waals surface area contributed by atoms with Crippen molar-refractivity contribution in [3.8, 4) is 11.8 Å². The predicted octanol–water partition coefficient (Wildman–Crippen LogP) is 0.605. The lowest BCUT2D eigenvalue weighted by Gasteiger charge is -1.91. The van der Waals surface area contributed by atoms with E-state index in [1.54, 1.807) is 4.68 Å². The van der Waals surface area contributed by atoms with Crippen LogP contribution in [0.3, 0.4) is 0 Å². The largest absolute Gasteiger partial charge is 0.378 e. The van der Waals surface area contributed by atoms with Gasteiger partial charge in [-0.1, -0.05) is 11.8 Å². The lowest BCUT2D eigenvalue weighted by atomic mass is 10.2. The van der Waals surface area contributed by atoms with Gasteiger partial charge in [-0.25, -0.2) is 0 Å². The maximum Gasteiger partial charge on any atom is 0.126 e. The van der Waals surface area contributed by atoms with Gasteiger partial charge in [0, 0.05) is 13.2 Å². The van der Waals surface area contributed by atoms with Crippen molar-refractivity contribution >= 4 is 0 Å². The maximum atomic E-state index is 9.49. The van der Waals surface area contributed by atoms with E-state index in [1.807, 2.05) is 20.2 Å². The van der Waals surface area contributed by atoms with Crippen LogP contribution in [0.25, 0.3) is 0 Å². The highest BCUT2D eigenvalue weighted by Gasteiger charge is 2.38. The topological polar surface area (TPSA) is 38.0 Å². The van der Waals surface area contributed by atoms with Gasteiger partial charge in [-0.3, -0.25) is 4.68 Å². The van der Waals surface area contributed by atoms with E-state index in [2.05, 4.69) is 16.9 Å². The van der Waals surface area contributed by atoms with Crippen LogP contribution in [0.4, 0.5) is 0 Å². The molecule has 1 fully saturated rings. The van der Waals surface area contributed by atoms with Gasteiger partial charge in [0.1, 0.15) is 5.60 Å². The number of hydrogen-bond acceptors (Lipinski definition) is 2. The fourth-order valence-corrected chi connectivity index (χ4v) is 1.15. The van der Waals surface area contributed by atoms with Crippen molar-refractivity contribution in [1.29, 1.82) is 0 Å². The summed E-state index contributed by atoms with van der Waals surface area (Å²) in [6, 6.07) is 0. The first kappa shape index (κ1) is 8.33. The van der Waals surface area contributed by atoms with Crippen molar-refractivity contribution < 1.29 is 5.11 Å². The highest BCUT2D eigenvalue weighted by atomic mass is 16.3. The molecular formula is C10H12N2O. The molecule has 1 N–H and O–H groups in total. The van der Waals surface area contributed by atoms with Crippen molar-refractivity contribution in [2.24, 2.45) is 7.05 Å². The summed E-state index contributed by atoms with van der Waals surface area (Å²) in [6.07, 6.45) is 3.48. The summed E-state index contributed by atoms with van der Waals surface area (Å²) < 4.78 is 1.73. The number of nitrogens with zero attached hydrogens (tertiary/aromatic N) is 2. The first-order valence-electron chi connectivity index (χ1n) is 4.35.